The summed E-state index contributed by atoms with van der Waals surface area (Å²) in [6.45, 7) is 0.695. The number of hydrogen-bond donors (Lipinski definition) is 1. The number of rotatable bonds is 1. The summed E-state index contributed by atoms with van der Waals surface area (Å²) in [5, 5.41) is 3.08. The molecule has 2 saturated heterocycles. The Hall–Kier alpha value is -1.59. The van der Waals surface area contributed by atoms with Crippen LogP contribution in [0, 0.1) is 0 Å². The molecular formula is C12H11ClN2O3. The second-order valence-corrected chi connectivity index (χ2v) is 4.81. The number of halogens is 1. The molecule has 6 heteroatoms. The third-order valence-corrected chi connectivity index (χ3v) is 3.60. The van der Waals surface area contributed by atoms with Gasteiger partial charge in [-0.3, -0.25) is 4.79 Å². The monoisotopic (exact) mass is 266 g/mol. The van der Waals surface area contributed by atoms with Gasteiger partial charge in [0.15, 0.2) is 0 Å². The van der Waals surface area contributed by atoms with Crippen LogP contribution in [-0.4, -0.2) is 30.7 Å². The first kappa shape index (κ1) is 11.5. The molecule has 94 valence electrons. The Kier molecular flexibility index (Phi) is 2.53. The molecule has 1 unspecified atom stereocenters. The first-order valence-corrected chi connectivity index (χ1v) is 6.01. The number of amides is 3. The van der Waals surface area contributed by atoms with E-state index in [2.05, 4.69) is 5.32 Å². The summed E-state index contributed by atoms with van der Waals surface area (Å²) in [6.07, 6.45) is 0.499. The zero-order valence-electron chi connectivity index (χ0n) is 9.48. The molecule has 1 spiro atoms. The highest BCUT2D eigenvalue weighted by Crippen LogP contribution is 2.33. The minimum absolute atomic E-state index is 0.221. The fourth-order valence-electron chi connectivity index (χ4n) is 2.30. The molecule has 5 nitrogen and oxygen atoms in total. The largest absolute Gasteiger partial charge is 0.378 e. The van der Waals surface area contributed by atoms with Crippen LogP contribution in [-0.2, 0) is 9.53 Å². The van der Waals surface area contributed by atoms with Gasteiger partial charge in [-0.2, -0.15) is 0 Å². The first-order valence-electron chi connectivity index (χ1n) is 5.63. The Bertz CT molecular complexity index is 526. The number of anilines is 1. The van der Waals surface area contributed by atoms with Crippen LogP contribution in [0.5, 0.6) is 0 Å². The third kappa shape index (κ3) is 1.51. The highest BCUT2D eigenvalue weighted by atomic mass is 35.5. The van der Waals surface area contributed by atoms with Gasteiger partial charge in [0.05, 0.1) is 17.3 Å². The number of para-hydroxylation sites is 1. The molecule has 0 saturated carbocycles. The van der Waals surface area contributed by atoms with E-state index in [4.69, 9.17) is 16.3 Å². The molecule has 0 radical (unpaired) electrons. The van der Waals surface area contributed by atoms with Crippen molar-refractivity contribution in [3.63, 3.8) is 0 Å². The molecule has 2 aliphatic rings. The van der Waals surface area contributed by atoms with Gasteiger partial charge in [-0.25, -0.2) is 9.69 Å². The number of imide groups is 1. The number of benzene rings is 1. The quantitative estimate of drug-likeness (QED) is 0.785. The highest BCUT2D eigenvalue weighted by molar-refractivity contribution is 6.36. The van der Waals surface area contributed by atoms with Gasteiger partial charge in [-0.15, -0.1) is 0 Å². The number of hydrogen-bond acceptors (Lipinski definition) is 3. The lowest BCUT2D eigenvalue weighted by Crippen LogP contribution is -2.47. The summed E-state index contributed by atoms with van der Waals surface area (Å²) < 4.78 is 5.22. The van der Waals surface area contributed by atoms with Crippen molar-refractivity contribution in [1.82, 2.24) is 5.32 Å². The van der Waals surface area contributed by atoms with Crippen LogP contribution in [0.2, 0.25) is 5.02 Å². The molecule has 3 rings (SSSR count). The van der Waals surface area contributed by atoms with Crippen molar-refractivity contribution in [2.45, 2.75) is 12.0 Å². The van der Waals surface area contributed by atoms with E-state index in [-0.39, 0.29) is 12.5 Å². The second-order valence-electron chi connectivity index (χ2n) is 4.41. The van der Waals surface area contributed by atoms with Crippen molar-refractivity contribution < 1.29 is 14.3 Å². The van der Waals surface area contributed by atoms with E-state index < -0.39 is 11.6 Å². The van der Waals surface area contributed by atoms with Crippen LogP contribution in [0.1, 0.15) is 6.42 Å². The number of nitrogens with zero attached hydrogens (tertiary/aromatic N) is 1. The molecule has 18 heavy (non-hydrogen) atoms. The van der Waals surface area contributed by atoms with E-state index in [9.17, 15) is 9.59 Å². The van der Waals surface area contributed by atoms with E-state index in [1.54, 1.807) is 24.3 Å². The smallest absolute Gasteiger partial charge is 0.329 e. The Morgan fingerprint density at radius 3 is 2.78 bits per heavy atom. The number of carbonyl (C=O) groups excluding carboxylic acids is 2. The molecule has 1 atom stereocenters. The predicted molar refractivity (Wildman–Crippen MR) is 65.6 cm³/mol. The van der Waals surface area contributed by atoms with Crippen LogP contribution in [0.15, 0.2) is 24.3 Å². The maximum atomic E-state index is 12.4. The highest BCUT2D eigenvalue weighted by Gasteiger charge is 2.54. The van der Waals surface area contributed by atoms with Gasteiger partial charge in [0.2, 0.25) is 0 Å². The van der Waals surface area contributed by atoms with Crippen LogP contribution in [0.3, 0.4) is 0 Å². The molecule has 0 aromatic heterocycles. The topological polar surface area (TPSA) is 58.6 Å². The number of urea groups is 1. The minimum Gasteiger partial charge on any atom is -0.378 e. The summed E-state index contributed by atoms with van der Waals surface area (Å²) in [7, 11) is 0. The average Bonchev–Trinajstić information content (AvgIpc) is 2.89. The number of ether oxygens (including phenoxy) is 1. The summed E-state index contributed by atoms with van der Waals surface area (Å²) in [4.78, 5) is 25.5. The van der Waals surface area contributed by atoms with E-state index in [0.29, 0.717) is 23.7 Å². The molecule has 2 heterocycles. The van der Waals surface area contributed by atoms with E-state index in [1.807, 2.05) is 0 Å². The number of nitrogens with one attached hydrogen (secondary N) is 1. The van der Waals surface area contributed by atoms with Crippen LogP contribution in [0.25, 0.3) is 0 Å². The van der Waals surface area contributed by atoms with Gasteiger partial charge in [0, 0.05) is 13.0 Å². The molecule has 1 N–H and O–H groups in total. The van der Waals surface area contributed by atoms with E-state index in [1.165, 1.54) is 0 Å². The van der Waals surface area contributed by atoms with Gasteiger partial charge in [0.1, 0.15) is 5.54 Å². The molecule has 2 fully saturated rings. The fraction of sp³-hybridized carbons (Fsp3) is 0.333. The van der Waals surface area contributed by atoms with Crippen molar-refractivity contribution in [3.05, 3.63) is 29.3 Å². The minimum atomic E-state index is -0.906. The Morgan fingerprint density at radius 2 is 2.11 bits per heavy atom. The summed E-state index contributed by atoms with van der Waals surface area (Å²) >= 11 is 6.02. The standard InChI is InChI=1S/C12H11ClN2O3/c13-8-3-1-2-4-9(8)15-10(16)12(14-11(15)17)5-6-18-7-12/h1-4H,5-7H2,(H,14,17). The Balaban J connectivity index is 2.01. The van der Waals surface area contributed by atoms with E-state index in [0.717, 1.165) is 4.90 Å². The van der Waals surface area contributed by atoms with Crippen molar-refractivity contribution >= 4 is 29.2 Å². The molecule has 3 amide bonds. The van der Waals surface area contributed by atoms with Crippen LogP contribution >= 0.6 is 11.6 Å². The normalized spacial score (nSPS) is 27.1. The van der Waals surface area contributed by atoms with Crippen molar-refractivity contribution in [2.75, 3.05) is 18.1 Å². The molecule has 2 aliphatic heterocycles. The summed E-state index contributed by atoms with van der Waals surface area (Å²) in [5.41, 5.74) is -0.499. The molecular weight excluding hydrogens is 256 g/mol. The zero-order chi connectivity index (χ0) is 12.8. The molecule has 1 aromatic carbocycles. The number of carbonyl (C=O) groups is 2. The lowest BCUT2D eigenvalue weighted by Gasteiger charge is -2.18. The fourth-order valence-corrected chi connectivity index (χ4v) is 2.52. The van der Waals surface area contributed by atoms with Crippen molar-refractivity contribution in [3.8, 4) is 0 Å². The van der Waals surface area contributed by atoms with E-state index >= 15 is 0 Å². The van der Waals surface area contributed by atoms with Crippen LogP contribution < -0.4 is 10.2 Å². The maximum absolute atomic E-state index is 12.4. The maximum Gasteiger partial charge on any atom is 0.329 e. The zero-order valence-corrected chi connectivity index (χ0v) is 10.2. The van der Waals surface area contributed by atoms with Gasteiger partial charge in [-0.05, 0) is 12.1 Å². The molecule has 0 aliphatic carbocycles. The summed E-state index contributed by atoms with van der Waals surface area (Å²) in [6, 6.07) is 6.33. The predicted octanol–water partition coefficient (Wildman–Crippen LogP) is 1.56. The first-order chi connectivity index (χ1) is 8.64. The van der Waals surface area contributed by atoms with Gasteiger partial charge >= 0.3 is 6.03 Å². The lowest BCUT2D eigenvalue weighted by molar-refractivity contribution is -0.122. The Labute approximate surface area is 109 Å². The van der Waals surface area contributed by atoms with Crippen molar-refractivity contribution in [1.29, 1.82) is 0 Å². The van der Waals surface area contributed by atoms with Gasteiger partial charge in [0.25, 0.3) is 5.91 Å². The summed E-state index contributed by atoms with van der Waals surface area (Å²) in [5.74, 6) is -0.293. The molecule has 1 aromatic rings. The third-order valence-electron chi connectivity index (χ3n) is 3.28. The lowest BCUT2D eigenvalue weighted by atomic mass is 9.99. The second kappa shape index (κ2) is 3.96. The average molecular weight is 267 g/mol. The SMILES string of the molecule is O=C1NC2(CCOC2)C(=O)N1c1ccccc1Cl. The van der Waals surface area contributed by atoms with Gasteiger partial charge in [-0.1, -0.05) is 23.7 Å². The van der Waals surface area contributed by atoms with Crippen molar-refractivity contribution in [2.24, 2.45) is 0 Å². The molecule has 0 bridgehead atoms. The Morgan fingerprint density at radius 1 is 1.33 bits per heavy atom. The van der Waals surface area contributed by atoms with Gasteiger partial charge < -0.3 is 10.1 Å². The van der Waals surface area contributed by atoms with Crippen LogP contribution in [0.4, 0.5) is 10.5 Å².